The summed E-state index contributed by atoms with van der Waals surface area (Å²) in [5.74, 6) is -9.41. The van der Waals surface area contributed by atoms with Crippen LogP contribution in [0.15, 0.2) is 30.3 Å². The van der Waals surface area contributed by atoms with Gasteiger partial charge in [0.05, 0.1) is 24.8 Å². The Morgan fingerprint density at radius 2 is 1.27 bits per heavy atom. The number of carbonyl (C=O) groups excluding carboxylic acids is 5. The van der Waals surface area contributed by atoms with Crippen LogP contribution in [0.1, 0.15) is 45.1 Å². The van der Waals surface area contributed by atoms with Gasteiger partial charge in [-0.15, -0.1) is 11.6 Å². The van der Waals surface area contributed by atoms with Crippen molar-refractivity contribution in [2.75, 3.05) is 5.88 Å². The third kappa shape index (κ3) is 14.0. The highest BCUT2D eigenvalue weighted by atomic mass is 35.5. The van der Waals surface area contributed by atoms with E-state index in [2.05, 4.69) is 21.3 Å². The first-order chi connectivity index (χ1) is 20.6. The molecule has 7 N–H and O–H groups in total. The number of ether oxygens (including phenoxy) is 1. The lowest BCUT2D eigenvalue weighted by Gasteiger charge is -2.27. The zero-order valence-corrected chi connectivity index (χ0v) is 24.7. The van der Waals surface area contributed by atoms with Gasteiger partial charge in [0.25, 0.3) is 0 Å². The maximum atomic E-state index is 13.2. The van der Waals surface area contributed by atoms with E-state index in [0.717, 1.165) is 0 Å². The topological polar surface area (TPSA) is 255 Å². The lowest BCUT2D eigenvalue weighted by atomic mass is 10.0. The van der Waals surface area contributed by atoms with Crippen molar-refractivity contribution in [2.24, 2.45) is 5.92 Å². The standard InChI is InChI=1S/C27H35ClN4O12/c1-14(2)23(26(42)30-17(10-21(36)37)19(33)12-28)32-24(40)16(8-9-20(34)35)29-25(41)18(11-22(38)39)31-27(43)44-13-15-6-4-3-5-7-15/h3-7,14,16-18,23H,8-13H2,1-2H3,(H,29,41)(H,30,42)(H,31,43)(H,32,40)(H,34,35)(H,36,37)(H,38,39). The highest BCUT2D eigenvalue weighted by Crippen LogP contribution is 2.08. The summed E-state index contributed by atoms with van der Waals surface area (Å²) in [5, 5.41) is 36.3. The number of rotatable bonds is 19. The number of hydrogen-bond acceptors (Lipinski definition) is 9. The van der Waals surface area contributed by atoms with Crippen molar-refractivity contribution in [3.8, 4) is 0 Å². The summed E-state index contributed by atoms with van der Waals surface area (Å²) < 4.78 is 5.01. The van der Waals surface area contributed by atoms with Crippen LogP contribution in [-0.2, 0) is 44.9 Å². The molecule has 0 spiro atoms. The number of aliphatic carboxylic acids is 3. The van der Waals surface area contributed by atoms with Gasteiger partial charge in [-0.3, -0.25) is 33.6 Å². The number of amides is 4. The molecule has 0 saturated carbocycles. The molecule has 0 fully saturated rings. The summed E-state index contributed by atoms with van der Waals surface area (Å²) in [6.07, 6.45) is -3.96. The van der Waals surface area contributed by atoms with Crippen molar-refractivity contribution in [3.05, 3.63) is 35.9 Å². The predicted molar refractivity (Wildman–Crippen MR) is 151 cm³/mol. The van der Waals surface area contributed by atoms with Gasteiger partial charge in [-0.05, 0) is 17.9 Å². The Bertz CT molecular complexity index is 1210. The number of benzene rings is 1. The minimum absolute atomic E-state index is 0.194. The maximum Gasteiger partial charge on any atom is 0.408 e. The van der Waals surface area contributed by atoms with Gasteiger partial charge in [0.2, 0.25) is 17.7 Å². The lowest BCUT2D eigenvalue weighted by molar-refractivity contribution is -0.141. The zero-order valence-electron chi connectivity index (χ0n) is 23.9. The molecule has 1 aromatic carbocycles. The summed E-state index contributed by atoms with van der Waals surface area (Å²) in [6, 6.07) is 2.21. The van der Waals surface area contributed by atoms with Crippen molar-refractivity contribution >= 4 is 59.1 Å². The number of carboxylic acids is 3. The third-order valence-electron chi connectivity index (χ3n) is 5.94. The van der Waals surface area contributed by atoms with Crippen LogP contribution in [0.2, 0.25) is 0 Å². The summed E-state index contributed by atoms with van der Waals surface area (Å²) in [5.41, 5.74) is 0.609. The molecule has 242 valence electrons. The van der Waals surface area contributed by atoms with E-state index in [-0.39, 0.29) is 6.61 Å². The molecule has 0 radical (unpaired) electrons. The van der Waals surface area contributed by atoms with Gasteiger partial charge >= 0.3 is 24.0 Å². The zero-order chi connectivity index (χ0) is 33.4. The molecule has 0 aromatic heterocycles. The van der Waals surface area contributed by atoms with E-state index in [9.17, 15) is 43.5 Å². The van der Waals surface area contributed by atoms with E-state index >= 15 is 0 Å². The van der Waals surface area contributed by atoms with Crippen molar-refractivity contribution in [1.29, 1.82) is 0 Å². The Morgan fingerprint density at radius 1 is 0.727 bits per heavy atom. The number of nitrogens with one attached hydrogen (secondary N) is 4. The second kappa shape index (κ2) is 18.7. The average molecular weight is 643 g/mol. The monoisotopic (exact) mass is 642 g/mol. The Morgan fingerprint density at radius 3 is 1.80 bits per heavy atom. The van der Waals surface area contributed by atoms with Crippen LogP contribution < -0.4 is 21.3 Å². The predicted octanol–water partition coefficient (Wildman–Crippen LogP) is 0.0139. The molecule has 1 aromatic rings. The van der Waals surface area contributed by atoms with Gasteiger partial charge in [0.1, 0.15) is 24.7 Å². The molecule has 0 aliphatic carbocycles. The first-order valence-electron chi connectivity index (χ1n) is 13.3. The van der Waals surface area contributed by atoms with Crippen molar-refractivity contribution in [3.63, 3.8) is 0 Å². The lowest BCUT2D eigenvalue weighted by Crippen LogP contribution is -2.59. The van der Waals surface area contributed by atoms with E-state index in [1.165, 1.54) is 13.8 Å². The first kappa shape index (κ1) is 37.3. The van der Waals surface area contributed by atoms with Gasteiger partial charge in [0.15, 0.2) is 5.78 Å². The number of alkyl carbamates (subject to hydrolysis) is 1. The Labute approximate surface area is 256 Å². The fraction of sp³-hybridized carbons (Fsp3) is 0.481. The molecule has 17 heteroatoms. The van der Waals surface area contributed by atoms with Crippen molar-refractivity contribution < 1.29 is 58.4 Å². The Balaban J connectivity index is 3.08. The number of carboxylic acid groups (broad SMARTS) is 3. The van der Waals surface area contributed by atoms with Crippen molar-refractivity contribution in [1.82, 2.24) is 21.3 Å². The van der Waals surface area contributed by atoms with Gasteiger partial charge < -0.3 is 41.3 Å². The minimum atomic E-state index is -1.74. The molecule has 0 aliphatic heterocycles. The van der Waals surface area contributed by atoms with Crippen LogP contribution in [0.4, 0.5) is 4.79 Å². The molecule has 0 bridgehead atoms. The fourth-order valence-corrected chi connectivity index (χ4v) is 3.85. The van der Waals surface area contributed by atoms with E-state index < -0.39 is 109 Å². The third-order valence-corrected chi connectivity index (χ3v) is 6.21. The Kier molecular flexibility index (Phi) is 15.9. The second-order valence-electron chi connectivity index (χ2n) is 9.84. The minimum Gasteiger partial charge on any atom is -0.481 e. The molecule has 0 saturated heterocycles. The van der Waals surface area contributed by atoms with Crippen LogP contribution in [0.25, 0.3) is 0 Å². The molecule has 4 unspecified atom stereocenters. The van der Waals surface area contributed by atoms with E-state index in [0.29, 0.717) is 5.56 Å². The largest absolute Gasteiger partial charge is 0.481 e. The summed E-state index contributed by atoms with van der Waals surface area (Å²) in [4.78, 5) is 97.2. The van der Waals surface area contributed by atoms with Crippen LogP contribution >= 0.6 is 11.6 Å². The van der Waals surface area contributed by atoms with Gasteiger partial charge in [0, 0.05) is 6.42 Å². The summed E-state index contributed by atoms with van der Waals surface area (Å²) in [7, 11) is 0. The molecular formula is C27H35ClN4O12. The Hall–Kier alpha value is -4.73. The SMILES string of the molecule is CC(C)C(NC(=O)C(CCC(=O)O)NC(=O)C(CC(=O)O)NC(=O)OCc1ccccc1)C(=O)NC(CC(=O)O)C(=O)CCl. The molecule has 4 atom stereocenters. The molecule has 44 heavy (non-hydrogen) atoms. The van der Waals surface area contributed by atoms with E-state index in [4.69, 9.17) is 26.6 Å². The van der Waals surface area contributed by atoms with Gasteiger partial charge in [-0.25, -0.2) is 4.79 Å². The number of ketones is 1. The molecule has 1 rings (SSSR count). The smallest absolute Gasteiger partial charge is 0.408 e. The molecule has 16 nitrogen and oxygen atoms in total. The molecule has 0 aliphatic rings. The van der Waals surface area contributed by atoms with E-state index in [1.54, 1.807) is 30.3 Å². The van der Waals surface area contributed by atoms with Gasteiger partial charge in [-0.2, -0.15) is 0 Å². The van der Waals surface area contributed by atoms with Crippen LogP contribution in [0, 0.1) is 5.92 Å². The number of halogens is 1. The maximum absolute atomic E-state index is 13.2. The molecular weight excluding hydrogens is 608 g/mol. The first-order valence-corrected chi connectivity index (χ1v) is 13.8. The molecule has 4 amide bonds. The second-order valence-corrected chi connectivity index (χ2v) is 10.1. The van der Waals surface area contributed by atoms with Crippen molar-refractivity contribution in [2.45, 2.75) is 70.3 Å². The highest BCUT2D eigenvalue weighted by molar-refractivity contribution is 6.28. The number of Topliss-reactive ketones (excluding diaryl/α,β-unsaturated/α-hetero) is 1. The quantitative estimate of drug-likeness (QED) is 0.0985. The summed E-state index contributed by atoms with van der Waals surface area (Å²) in [6.45, 7) is 2.83. The van der Waals surface area contributed by atoms with Crippen LogP contribution in [0.3, 0.4) is 0 Å². The number of carbonyl (C=O) groups is 8. The van der Waals surface area contributed by atoms with E-state index in [1.807, 2.05) is 0 Å². The summed E-state index contributed by atoms with van der Waals surface area (Å²) >= 11 is 5.50. The van der Waals surface area contributed by atoms with Crippen LogP contribution in [-0.4, -0.2) is 92.9 Å². The highest BCUT2D eigenvalue weighted by Gasteiger charge is 2.34. The average Bonchev–Trinajstić information content (AvgIpc) is 2.95. The number of hydrogen-bond donors (Lipinski definition) is 7. The van der Waals surface area contributed by atoms with Gasteiger partial charge in [-0.1, -0.05) is 44.2 Å². The van der Waals surface area contributed by atoms with Crippen LogP contribution in [0.5, 0.6) is 0 Å². The molecule has 0 heterocycles. The normalized spacial score (nSPS) is 13.4. The number of alkyl halides is 1. The fourth-order valence-electron chi connectivity index (χ4n) is 3.66.